The molecule has 0 fully saturated rings. The number of benzene rings is 1. The summed E-state index contributed by atoms with van der Waals surface area (Å²) in [5, 5.41) is 4.12. The number of aromatic nitrogens is 3. The highest BCUT2D eigenvalue weighted by molar-refractivity contribution is 5.70. The van der Waals surface area contributed by atoms with E-state index in [2.05, 4.69) is 10.1 Å². The summed E-state index contributed by atoms with van der Waals surface area (Å²) in [6, 6.07) is 8.10. The van der Waals surface area contributed by atoms with Gasteiger partial charge in [0.1, 0.15) is 0 Å². The first kappa shape index (κ1) is 14.0. The average molecular weight is 275 g/mol. The van der Waals surface area contributed by atoms with Gasteiger partial charge in [-0.2, -0.15) is 4.98 Å². The molecule has 0 aliphatic heterocycles. The largest absolute Gasteiger partial charge is 0.463 e. The molecule has 1 aromatic heterocycles. The van der Waals surface area contributed by atoms with Gasteiger partial charge >= 0.3 is 12.0 Å². The Bertz CT molecular complexity index is 607. The number of aryl methyl sites for hydroxylation is 2. The van der Waals surface area contributed by atoms with E-state index < -0.39 is 5.97 Å². The van der Waals surface area contributed by atoms with Gasteiger partial charge in [-0.1, -0.05) is 23.8 Å². The summed E-state index contributed by atoms with van der Waals surface area (Å²) in [6.07, 6.45) is 0. The Balaban J connectivity index is 2.12. The van der Waals surface area contributed by atoms with E-state index in [4.69, 9.17) is 9.47 Å². The molecule has 2 rings (SSSR count). The molecular weight excluding hydrogens is 258 g/mol. The van der Waals surface area contributed by atoms with Gasteiger partial charge in [0.05, 0.1) is 6.61 Å². The summed E-state index contributed by atoms with van der Waals surface area (Å²) in [5.41, 5.74) is 2.09. The third-order valence-electron chi connectivity index (χ3n) is 2.64. The van der Waals surface area contributed by atoms with Gasteiger partial charge in [-0.15, -0.1) is 5.10 Å². The lowest BCUT2D eigenvalue weighted by Gasteiger charge is -2.00. The first-order valence-electron chi connectivity index (χ1n) is 6.36. The van der Waals surface area contributed by atoms with E-state index in [0.717, 1.165) is 11.1 Å². The van der Waals surface area contributed by atoms with Crippen LogP contribution in [0.5, 0.6) is 6.01 Å². The summed E-state index contributed by atoms with van der Waals surface area (Å²) in [6.45, 7) is 3.89. The van der Waals surface area contributed by atoms with Crippen LogP contribution in [0.25, 0.3) is 11.4 Å². The molecule has 0 spiro atoms. The minimum atomic E-state index is -0.433. The minimum Gasteiger partial charge on any atom is -0.463 e. The third kappa shape index (κ3) is 3.34. The van der Waals surface area contributed by atoms with Crippen LogP contribution in [-0.2, 0) is 16.6 Å². The fourth-order valence-corrected chi connectivity index (χ4v) is 1.78. The summed E-state index contributed by atoms with van der Waals surface area (Å²) in [7, 11) is 1.78. The van der Waals surface area contributed by atoms with Crippen molar-refractivity contribution >= 4 is 5.97 Å². The molecule has 6 nitrogen and oxygen atoms in total. The van der Waals surface area contributed by atoms with Crippen LogP contribution < -0.4 is 4.74 Å². The van der Waals surface area contributed by atoms with Gasteiger partial charge in [0.25, 0.3) is 0 Å². The summed E-state index contributed by atoms with van der Waals surface area (Å²) in [4.78, 5) is 15.5. The van der Waals surface area contributed by atoms with Crippen LogP contribution in [-0.4, -0.2) is 33.9 Å². The van der Waals surface area contributed by atoms with Gasteiger partial charge in [0.2, 0.25) is 0 Å². The van der Waals surface area contributed by atoms with E-state index >= 15 is 0 Å². The number of hydrogen-bond acceptors (Lipinski definition) is 5. The topological polar surface area (TPSA) is 66.2 Å². The van der Waals surface area contributed by atoms with Crippen LogP contribution in [0.15, 0.2) is 24.3 Å². The number of carbonyl (C=O) groups is 1. The molecule has 0 saturated heterocycles. The Hall–Kier alpha value is -2.37. The van der Waals surface area contributed by atoms with Gasteiger partial charge in [-0.3, -0.25) is 0 Å². The van der Waals surface area contributed by atoms with E-state index in [-0.39, 0.29) is 12.6 Å². The number of hydrogen-bond donors (Lipinski definition) is 0. The Morgan fingerprint density at radius 2 is 2.20 bits per heavy atom. The first-order chi connectivity index (χ1) is 9.60. The average Bonchev–Trinajstić information content (AvgIpc) is 2.78. The molecular formula is C14H17N3O3. The molecule has 0 aliphatic carbocycles. The molecule has 0 bridgehead atoms. The smallest absolute Gasteiger partial charge is 0.344 e. The standard InChI is InChI=1S/C14H17N3O3/c1-4-19-12(18)9-20-14-15-13(17(3)16-14)11-7-5-6-10(2)8-11/h5-8H,4,9H2,1-3H3. The van der Waals surface area contributed by atoms with Crippen LogP contribution in [0, 0.1) is 6.92 Å². The maximum atomic E-state index is 11.2. The molecule has 0 aliphatic rings. The third-order valence-corrected chi connectivity index (χ3v) is 2.64. The molecule has 20 heavy (non-hydrogen) atoms. The molecule has 0 atom stereocenters. The van der Waals surface area contributed by atoms with Gasteiger partial charge in [0, 0.05) is 12.6 Å². The Kier molecular flexibility index (Phi) is 4.34. The number of carbonyl (C=O) groups excluding carboxylic acids is 1. The molecule has 6 heteroatoms. The van der Waals surface area contributed by atoms with Gasteiger partial charge < -0.3 is 9.47 Å². The number of ether oxygens (including phenoxy) is 2. The number of nitrogens with zero attached hydrogens (tertiary/aromatic N) is 3. The van der Waals surface area contributed by atoms with E-state index in [1.165, 1.54) is 0 Å². The zero-order chi connectivity index (χ0) is 14.5. The van der Waals surface area contributed by atoms with Crippen LogP contribution in [0.1, 0.15) is 12.5 Å². The minimum absolute atomic E-state index is 0.164. The molecule has 1 heterocycles. The quantitative estimate of drug-likeness (QED) is 0.777. The lowest BCUT2D eigenvalue weighted by molar-refractivity contribution is -0.145. The number of rotatable bonds is 5. The predicted octanol–water partition coefficient (Wildman–Crippen LogP) is 1.73. The molecule has 106 valence electrons. The second-order valence-electron chi connectivity index (χ2n) is 4.30. The lowest BCUT2D eigenvalue weighted by atomic mass is 10.1. The van der Waals surface area contributed by atoms with Crippen LogP contribution in [0.2, 0.25) is 0 Å². The van der Waals surface area contributed by atoms with Crippen LogP contribution >= 0.6 is 0 Å². The van der Waals surface area contributed by atoms with Crippen LogP contribution in [0.4, 0.5) is 0 Å². The molecule has 2 aromatic rings. The van der Waals surface area contributed by atoms with Crippen LogP contribution in [0.3, 0.4) is 0 Å². The Labute approximate surface area is 117 Å². The fourth-order valence-electron chi connectivity index (χ4n) is 1.78. The second kappa shape index (κ2) is 6.18. The first-order valence-corrected chi connectivity index (χ1v) is 6.36. The van der Waals surface area contributed by atoms with Crippen molar-refractivity contribution in [1.82, 2.24) is 14.8 Å². The van der Waals surface area contributed by atoms with Gasteiger partial charge in [-0.25, -0.2) is 9.48 Å². The zero-order valence-corrected chi connectivity index (χ0v) is 11.8. The van der Waals surface area contributed by atoms with Crippen molar-refractivity contribution in [2.24, 2.45) is 7.05 Å². The molecule has 0 unspecified atom stereocenters. The lowest BCUT2D eigenvalue weighted by Crippen LogP contribution is -2.15. The van der Waals surface area contributed by atoms with Gasteiger partial charge in [0.15, 0.2) is 12.4 Å². The van der Waals surface area contributed by atoms with E-state index in [0.29, 0.717) is 12.4 Å². The summed E-state index contributed by atoms with van der Waals surface area (Å²) >= 11 is 0. The van der Waals surface area contributed by atoms with E-state index in [1.54, 1.807) is 18.7 Å². The molecule has 0 amide bonds. The molecule has 1 aromatic carbocycles. The predicted molar refractivity (Wildman–Crippen MR) is 73.3 cm³/mol. The van der Waals surface area contributed by atoms with Crippen molar-refractivity contribution in [3.63, 3.8) is 0 Å². The van der Waals surface area contributed by atoms with Crippen molar-refractivity contribution < 1.29 is 14.3 Å². The summed E-state index contributed by atoms with van der Waals surface area (Å²) in [5.74, 6) is 0.254. The SMILES string of the molecule is CCOC(=O)COc1nc(-c2cccc(C)c2)n(C)n1. The highest BCUT2D eigenvalue weighted by Gasteiger charge is 2.12. The normalized spacial score (nSPS) is 10.3. The van der Waals surface area contributed by atoms with Gasteiger partial charge in [-0.05, 0) is 19.9 Å². The van der Waals surface area contributed by atoms with Crippen molar-refractivity contribution in [3.8, 4) is 17.4 Å². The van der Waals surface area contributed by atoms with E-state index in [1.807, 2.05) is 31.2 Å². The van der Waals surface area contributed by atoms with Crippen molar-refractivity contribution in [2.45, 2.75) is 13.8 Å². The second-order valence-corrected chi connectivity index (χ2v) is 4.30. The molecule has 0 N–H and O–H groups in total. The number of esters is 1. The summed E-state index contributed by atoms with van der Waals surface area (Å²) < 4.78 is 11.6. The molecule has 0 radical (unpaired) electrons. The van der Waals surface area contributed by atoms with Crippen molar-refractivity contribution in [1.29, 1.82) is 0 Å². The van der Waals surface area contributed by atoms with E-state index in [9.17, 15) is 4.79 Å². The fraction of sp³-hybridized carbons (Fsp3) is 0.357. The molecule has 0 saturated carbocycles. The zero-order valence-electron chi connectivity index (χ0n) is 11.8. The highest BCUT2D eigenvalue weighted by Crippen LogP contribution is 2.19. The maximum Gasteiger partial charge on any atom is 0.344 e. The Morgan fingerprint density at radius 3 is 2.90 bits per heavy atom. The maximum absolute atomic E-state index is 11.2. The highest BCUT2D eigenvalue weighted by atomic mass is 16.6. The monoisotopic (exact) mass is 275 g/mol. The van der Waals surface area contributed by atoms with Crippen molar-refractivity contribution in [3.05, 3.63) is 29.8 Å². The van der Waals surface area contributed by atoms with Crippen molar-refractivity contribution in [2.75, 3.05) is 13.2 Å². The Morgan fingerprint density at radius 1 is 1.40 bits per heavy atom.